The van der Waals surface area contributed by atoms with Gasteiger partial charge in [0.15, 0.2) is 17.3 Å². The maximum absolute atomic E-state index is 10.6. The third kappa shape index (κ3) is 3.28. The van der Waals surface area contributed by atoms with Crippen LogP contribution in [-0.2, 0) is 11.3 Å². The van der Waals surface area contributed by atoms with Crippen LogP contribution in [0.15, 0.2) is 18.2 Å². The molecule has 1 aromatic carbocycles. The van der Waals surface area contributed by atoms with Crippen LogP contribution in [0.25, 0.3) is 11.4 Å². The van der Waals surface area contributed by atoms with E-state index in [9.17, 15) is 4.79 Å². The van der Waals surface area contributed by atoms with Crippen LogP contribution < -0.4 is 9.47 Å². The van der Waals surface area contributed by atoms with Gasteiger partial charge in [-0.3, -0.25) is 4.79 Å². The third-order valence-electron chi connectivity index (χ3n) is 2.94. The predicted molar refractivity (Wildman–Crippen MR) is 73.2 cm³/mol. The maximum Gasteiger partial charge on any atom is 0.303 e. The lowest BCUT2D eigenvalue weighted by Crippen LogP contribution is -2.06. The van der Waals surface area contributed by atoms with Gasteiger partial charge in [0, 0.05) is 13.0 Å². The zero-order chi connectivity index (χ0) is 15.2. The molecule has 0 saturated carbocycles. The Kier molecular flexibility index (Phi) is 4.70. The predicted octanol–water partition coefficient (Wildman–Crippen LogP) is 1.22. The summed E-state index contributed by atoms with van der Waals surface area (Å²) in [4.78, 5) is 10.6. The second-order valence-electron chi connectivity index (χ2n) is 4.26. The number of aromatic nitrogens is 4. The van der Waals surface area contributed by atoms with Gasteiger partial charge in [0.05, 0.1) is 19.8 Å². The Balaban J connectivity index is 2.30. The number of ether oxygens (including phenoxy) is 2. The van der Waals surface area contributed by atoms with Gasteiger partial charge < -0.3 is 14.6 Å². The molecule has 2 aromatic rings. The number of aliphatic carboxylic acids is 1. The highest BCUT2D eigenvalue weighted by Gasteiger charge is 2.17. The molecule has 0 saturated heterocycles. The first-order valence-electron chi connectivity index (χ1n) is 6.36. The number of carboxylic acids is 1. The quantitative estimate of drug-likeness (QED) is 0.819. The van der Waals surface area contributed by atoms with Crippen molar-refractivity contribution in [2.45, 2.75) is 19.4 Å². The first kappa shape index (κ1) is 14.8. The van der Waals surface area contributed by atoms with Crippen LogP contribution in [0.3, 0.4) is 0 Å². The van der Waals surface area contributed by atoms with Crippen LogP contribution in [0.4, 0.5) is 0 Å². The molecule has 1 N–H and O–H groups in total. The van der Waals surface area contributed by atoms with E-state index in [2.05, 4.69) is 15.5 Å². The van der Waals surface area contributed by atoms with Gasteiger partial charge in [-0.05, 0) is 29.0 Å². The SMILES string of the molecule is COc1cccc(-c2nnnn2CCCC(=O)O)c1OC. The Morgan fingerprint density at radius 1 is 1.33 bits per heavy atom. The van der Waals surface area contributed by atoms with E-state index >= 15 is 0 Å². The van der Waals surface area contributed by atoms with E-state index in [1.54, 1.807) is 25.0 Å². The van der Waals surface area contributed by atoms with E-state index in [0.29, 0.717) is 35.9 Å². The molecule has 0 fully saturated rings. The second-order valence-corrected chi connectivity index (χ2v) is 4.26. The maximum atomic E-state index is 10.6. The molecule has 2 rings (SSSR count). The van der Waals surface area contributed by atoms with Gasteiger partial charge in [-0.2, -0.15) is 0 Å². The van der Waals surface area contributed by atoms with Crippen LogP contribution >= 0.6 is 0 Å². The third-order valence-corrected chi connectivity index (χ3v) is 2.94. The zero-order valence-electron chi connectivity index (χ0n) is 11.8. The van der Waals surface area contributed by atoms with E-state index in [1.165, 1.54) is 0 Å². The molecule has 0 atom stereocenters. The number of benzene rings is 1. The lowest BCUT2D eigenvalue weighted by molar-refractivity contribution is -0.137. The standard InChI is InChI=1S/C13H16N4O4/c1-20-10-6-3-5-9(12(10)21-2)13-14-15-16-17(13)8-4-7-11(18)19/h3,5-6H,4,7-8H2,1-2H3,(H,18,19). The normalized spacial score (nSPS) is 10.4. The monoisotopic (exact) mass is 292 g/mol. The molecule has 0 unspecified atom stereocenters. The van der Waals surface area contributed by atoms with Crippen molar-refractivity contribution in [3.05, 3.63) is 18.2 Å². The number of nitrogens with zero attached hydrogens (tertiary/aromatic N) is 4. The van der Waals surface area contributed by atoms with Gasteiger partial charge in [-0.25, -0.2) is 4.68 Å². The summed E-state index contributed by atoms with van der Waals surface area (Å²) in [5.41, 5.74) is 0.692. The topological polar surface area (TPSA) is 99.4 Å². The number of aryl methyl sites for hydroxylation is 1. The van der Waals surface area contributed by atoms with Crippen molar-refractivity contribution in [2.75, 3.05) is 14.2 Å². The number of tetrazole rings is 1. The zero-order valence-corrected chi connectivity index (χ0v) is 11.8. The van der Waals surface area contributed by atoms with Crippen molar-refractivity contribution in [3.8, 4) is 22.9 Å². The fourth-order valence-corrected chi connectivity index (χ4v) is 1.99. The van der Waals surface area contributed by atoms with E-state index in [1.807, 2.05) is 12.1 Å². The van der Waals surface area contributed by atoms with E-state index < -0.39 is 5.97 Å². The van der Waals surface area contributed by atoms with Gasteiger partial charge in [0.1, 0.15) is 0 Å². The summed E-state index contributed by atoms with van der Waals surface area (Å²) >= 11 is 0. The molecule has 0 radical (unpaired) electrons. The van der Waals surface area contributed by atoms with Crippen molar-refractivity contribution in [3.63, 3.8) is 0 Å². The summed E-state index contributed by atoms with van der Waals surface area (Å²) in [6, 6.07) is 5.41. The van der Waals surface area contributed by atoms with Crippen LogP contribution in [0.5, 0.6) is 11.5 Å². The molecule has 112 valence electrons. The minimum Gasteiger partial charge on any atom is -0.493 e. The number of hydrogen-bond acceptors (Lipinski definition) is 6. The van der Waals surface area contributed by atoms with Crippen LogP contribution in [0.1, 0.15) is 12.8 Å². The van der Waals surface area contributed by atoms with E-state index in [0.717, 1.165) is 0 Å². The summed E-state index contributed by atoms with van der Waals surface area (Å²) in [6.45, 7) is 0.412. The lowest BCUT2D eigenvalue weighted by atomic mass is 10.1. The average Bonchev–Trinajstić information content (AvgIpc) is 2.94. The number of rotatable bonds is 7. The van der Waals surface area contributed by atoms with E-state index in [4.69, 9.17) is 14.6 Å². The smallest absolute Gasteiger partial charge is 0.303 e. The Labute approximate surface area is 121 Å². The fraction of sp³-hybridized carbons (Fsp3) is 0.385. The number of carbonyl (C=O) groups is 1. The molecular formula is C13H16N4O4. The van der Waals surface area contributed by atoms with E-state index in [-0.39, 0.29) is 6.42 Å². The summed E-state index contributed by atoms with van der Waals surface area (Å²) in [5.74, 6) is 0.782. The fourth-order valence-electron chi connectivity index (χ4n) is 1.99. The van der Waals surface area contributed by atoms with Crippen LogP contribution in [-0.4, -0.2) is 45.5 Å². The van der Waals surface area contributed by atoms with Crippen molar-refractivity contribution in [1.82, 2.24) is 20.2 Å². The van der Waals surface area contributed by atoms with Crippen molar-refractivity contribution in [1.29, 1.82) is 0 Å². The minimum atomic E-state index is -0.844. The lowest BCUT2D eigenvalue weighted by Gasteiger charge is -2.12. The number of para-hydroxylation sites is 1. The molecule has 0 amide bonds. The highest BCUT2D eigenvalue weighted by molar-refractivity contribution is 5.68. The molecule has 0 aliphatic carbocycles. The molecule has 8 nitrogen and oxygen atoms in total. The Bertz CT molecular complexity index is 626. The van der Waals surface area contributed by atoms with Crippen molar-refractivity contribution >= 4 is 5.97 Å². The average molecular weight is 292 g/mol. The molecule has 0 aliphatic rings. The van der Waals surface area contributed by atoms with Crippen molar-refractivity contribution < 1.29 is 19.4 Å². The van der Waals surface area contributed by atoms with Gasteiger partial charge in [0.25, 0.3) is 0 Å². The largest absolute Gasteiger partial charge is 0.493 e. The summed E-state index contributed by atoms with van der Waals surface area (Å²) in [5, 5.41) is 20.2. The van der Waals surface area contributed by atoms with Crippen LogP contribution in [0.2, 0.25) is 0 Å². The minimum absolute atomic E-state index is 0.0640. The summed E-state index contributed by atoms with van der Waals surface area (Å²) < 4.78 is 12.2. The van der Waals surface area contributed by atoms with Gasteiger partial charge in [-0.1, -0.05) is 6.07 Å². The molecule has 0 bridgehead atoms. The van der Waals surface area contributed by atoms with Gasteiger partial charge in [-0.15, -0.1) is 5.10 Å². The molecule has 1 aromatic heterocycles. The van der Waals surface area contributed by atoms with Gasteiger partial charge in [0.2, 0.25) is 0 Å². The highest BCUT2D eigenvalue weighted by Crippen LogP contribution is 2.36. The number of hydrogen-bond donors (Lipinski definition) is 1. The molecule has 1 heterocycles. The molecule has 0 spiro atoms. The summed E-state index contributed by atoms with van der Waals surface area (Å²) in [6.07, 6.45) is 0.508. The molecule has 21 heavy (non-hydrogen) atoms. The molecular weight excluding hydrogens is 276 g/mol. The number of carboxylic acid groups (broad SMARTS) is 1. The first-order chi connectivity index (χ1) is 10.2. The Hall–Kier alpha value is -2.64. The van der Waals surface area contributed by atoms with Crippen LogP contribution in [0, 0.1) is 0 Å². The molecule has 0 aliphatic heterocycles. The summed E-state index contributed by atoms with van der Waals surface area (Å²) in [7, 11) is 3.09. The Morgan fingerprint density at radius 3 is 2.81 bits per heavy atom. The number of methoxy groups -OCH3 is 2. The first-order valence-corrected chi connectivity index (χ1v) is 6.36. The van der Waals surface area contributed by atoms with Gasteiger partial charge >= 0.3 is 5.97 Å². The second kappa shape index (κ2) is 6.69. The van der Waals surface area contributed by atoms with Crippen molar-refractivity contribution in [2.24, 2.45) is 0 Å². The Morgan fingerprint density at radius 2 is 2.14 bits per heavy atom. The highest BCUT2D eigenvalue weighted by atomic mass is 16.5. The molecule has 8 heteroatoms.